The molecule has 0 saturated heterocycles. The summed E-state index contributed by atoms with van der Waals surface area (Å²) in [7, 11) is 0. The van der Waals surface area contributed by atoms with Gasteiger partial charge in [0, 0.05) is 16.5 Å². The molecule has 5 aliphatic rings. The SMILES string of the molecule is c1ccc(-n2c3ccccc3c3cc4c(cc32)-c2ccccc2C4(c2ccc(-c3cccc4c3-c3ccccc3C43c4ccccc4-c4ccccc43)cc2)c2ccc(-c3cccc4c3-c3ccccc3C43c4ccccc4-c4ccccc43)cc2)cc1. The molecule has 15 aromatic rings. The minimum absolute atomic E-state index is 0.421. The molecule has 0 unspecified atom stereocenters. The van der Waals surface area contributed by atoms with Gasteiger partial charge in [0.25, 0.3) is 0 Å². The van der Waals surface area contributed by atoms with E-state index in [4.69, 9.17) is 0 Å². The first-order chi connectivity index (χ1) is 43.7. The zero-order chi connectivity index (χ0) is 57.5. The largest absolute Gasteiger partial charge is 0.309 e. The van der Waals surface area contributed by atoms with Crippen molar-refractivity contribution in [1.29, 1.82) is 0 Å². The maximum absolute atomic E-state index is 2.56. The molecular weight excluding hydrogens is 1060 g/mol. The van der Waals surface area contributed by atoms with Gasteiger partial charge in [-0.3, -0.25) is 0 Å². The lowest BCUT2D eigenvalue weighted by Gasteiger charge is -2.34. The van der Waals surface area contributed by atoms with Gasteiger partial charge in [0.05, 0.1) is 27.3 Å². The summed E-state index contributed by atoms with van der Waals surface area (Å²) < 4.78 is 2.46. The van der Waals surface area contributed by atoms with E-state index in [1.54, 1.807) is 0 Å². The number of hydrogen-bond acceptors (Lipinski definition) is 0. The Hall–Kier alpha value is -11.1. The molecule has 88 heavy (non-hydrogen) atoms. The van der Waals surface area contributed by atoms with E-state index in [9.17, 15) is 0 Å². The van der Waals surface area contributed by atoms with Crippen LogP contribution in [0.4, 0.5) is 0 Å². The maximum Gasteiger partial charge on any atom is 0.0725 e. The van der Waals surface area contributed by atoms with Crippen molar-refractivity contribution >= 4 is 21.8 Å². The van der Waals surface area contributed by atoms with Crippen LogP contribution >= 0.6 is 0 Å². The van der Waals surface area contributed by atoms with Crippen LogP contribution in [0.15, 0.2) is 322 Å². The number of nitrogens with zero attached hydrogens (tertiary/aromatic N) is 1. The van der Waals surface area contributed by atoms with E-state index in [-0.39, 0.29) is 0 Å². The van der Waals surface area contributed by atoms with Crippen molar-refractivity contribution in [2.75, 3.05) is 0 Å². The highest BCUT2D eigenvalue weighted by Gasteiger charge is 2.54. The average Bonchev–Trinajstić information content (AvgIpc) is 1.75. The number of rotatable bonds is 5. The molecule has 2 spiro atoms. The Morgan fingerprint density at radius 3 is 0.989 bits per heavy atom. The Balaban J connectivity index is 0.807. The third-order valence-electron chi connectivity index (χ3n) is 21.2. The van der Waals surface area contributed by atoms with Gasteiger partial charge >= 0.3 is 0 Å². The summed E-state index contributed by atoms with van der Waals surface area (Å²) in [5, 5.41) is 2.49. The molecule has 1 heteroatoms. The Kier molecular flexibility index (Phi) is 9.58. The monoisotopic (exact) mass is 1110 g/mol. The fourth-order valence-electron chi connectivity index (χ4n) is 18.0. The van der Waals surface area contributed by atoms with Crippen LogP contribution in [0.2, 0.25) is 0 Å². The van der Waals surface area contributed by atoms with E-state index in [1.165, 1.54) is 166 Å². The fourth-order valence-corrected chi connectivity index (χ4v) is 18.0. The molecule has 1 heterocycles. The maximum atomic E-state index is 2.56. The number of hydrogen-bond donors (Lipinski definition) is 0. The van der Waals surface area contributed by atoms with Crippen molar-refractivity contribution in [3.63, 3.8) is 0 Å². The van der Waals surface area contributed by atoms with Crippen molar-refractivity contribution in [2.45, 2.75) is 16.2 Å². The van der Waals surface area contributed by atoms with Crippen LogP contribution in [0.3, 0.4) is 0 Å². The number of benzene rings is 14. The molecule has 0 bridgehead atoms. The first kappa shape index (κ1) is 48.2. The highest BCUT2D eigenvalue weighted by molar-refractivity contribution is 6.12. The molecule has 0 saturated carbocycles. The molecule has 20 rings (SSSR count). The molecular formula is C87H53N. The number of fused-ring (bicyclic) bond motifs is 26. The standard InChI is InChI=1S/C87H53N/c1-2-22-58(23-3-1)88-81-43-19-11-29-66(81)70-52-80-69(53-82(70)88)65-28-8-12-34-71(65)85(80,56-48-44-54(45-49-56)59-32-20-41-78-83(59)67-30-9-17-39-76(67)86(78)72-35-13-4-24-61(72)62-25-5-14-36-73(62)86)57-50-46-55(47-51-57)60-33-21-42-79-84(60)68-31-10-18-40-77(68)87(79)74-37-15-6-26-63(74)64-27-7-16-38-75(64)87/h1-53H. The van der Waals surface area contributed by atoms with Crippen LogP contribution in [-0.2, 0) is 16.2 Å². The minimum Gasteiger partial charge on any atom is -0.309 e. The zero-order valence-electron chi connectivity index (χ0n) is 48.0. The number of aromatic nitrogens is 1. The topological polar surface area (TPSA) is 4.93 Å². The molecule has 0 fully saturated rings. The summed E-state index contributed by atoms with van der Waals surface area (Å²) in [6.07, 6.45) is 0. The lowest BCUT2D eigenvalue weighted by atomic mass is 9.67. The molecule has 0 amide bonds. The Labute approximate surface area is 511 Å². The van der Waals surface area contributed by atoms with E-state index in [2.05, 4.69) is 326 Å². The predicted molar refractivity (Wildman–Crippen MR) is 362 cm³/mol. The average molecular weight is 1110 g/mol. The smallest absolute Gasteiger partial charge is 0.0725 e. The summed E-state index contributed by atoms with van der Waals surface area (Å²) in [6, 6.07) is 123. The van der Waals surface area contributed by atoms with E-state index < -0.39 is 16.2 Å². The van der Waals surface area contributed by atoms with Gasteiger partial charge in [-0.15, -0.1) is 0 Å². The first-order valence-corrected chi connectivity index (χ1v) is 31.0. The van der Waals surface area contributed by atoms with Crippen LogP contribution < -0.4 is 0 Å². The van der Waals surface area contributed by atoms with Gasteiger partial charge in [-0.2, -0.15) is 0 Å². The molecule has 0 N–H and O–H groups in total. The summed E-state index contributed by atoms with van der Waals surface area (Å²) in [5.41, 5.74) is 35.9. The van der Waals surface area contributed by atoms with Crippen molar-refractivity contribution in [3.05, 3.63) is 388 Å². The van der Waals surface area contributed by atoms with E-state index in [0.717, 1.165) is 5.69 Å². The minimum atomic E-state index is -0.688. The Bertz CT molecular complexity index is 5170. The molecule has 5 aliphatic carbocycles. The molecule has 14 aromatic carbocycles. The van der Waals surface area contributed by atoms with Gasteiger partial charge in [0.1, 0.15) is 0 Å². The summed E-state index contributed by atoms with van der Waals surface area (Å²) in [4.78, 5) is 0. The van der Waals surface area contributed by atoms with Crippen molar-refractivity contribution in [1.82, 2.24) is 4.57 Å². The van der Waals surface area contributed by atoms with Gasteiger partial charge in [-0.1, -0.05) is 291 Å². The summed E-state index contributed by atoms with van der Waals surface area (Å²) in [6.45, 7) is 0. The second kappa shape index (κ2) is 17.5. The lowest BCUT2D eigenvalue weighted by Crippen LogP contribution is -2.28. The van der Waals surface area contributed by atoms with E-state index >= 15 is 0 Å². The van der Waals surface area contributed by atoms with E-state index in [1.807, 2.05) is 0 Å². The van der Waals surface area contributed by atoms with Crippen LogP contribution in [0, 0.1) is 0 Å². The van der Waals surface area contributed by atoms with Crippen LogP contribution in [0.5, 0.6) is 0 Å². The first-order valence-electron chi connectivity index (χ1n) is 31.0. The molecule has 0 radical (unpaired) electrons. The third kappa shape index (κ3) is 5.83. The van der Waals surface area contributed by atoms with Crippen molar-refractivity contribution < 1.29 is 0 Å². The normalized spacial score (nSPS) is 14.6. The molecule has 0 aliphatic heterocycles. The van der Waals surface area contributed by atoms with Gasteiger partial charge in [0.2, 0.25) is 0 Å². The van der Waals surface area contributed by atoms with E-state index in [0.29, 0.717) is 0 Å². The van der Waals surface area contributed by atoms with Crippen LogP contribution in [-0.4, -0.2) is 4.57 Å². The van der Waals surface area contributed by atoms with Crippen molar-refractivity contribution in [2.24, 2.45) is 0 Å². The molecule has 1 aromatic heterocycles. The lowest BCUT2D eigenvalue weighted by molar-refractivity contribution is 0.770. The van der Waals surface area contributed by atoms with Crippen LogP contribution in [0.25, 0.3) is 105 Å². The summed E-state index contributed by atoms with van der Waals surface area (Å²) >= 11 is 0. The van der Waals surface area contributed by atoms with Gasteiger partial charge in [-0.25, -0.2) is 0 Å². The fraction of sp³-hybridized carbons (Fsp3) is 0.0345. The quantitative estimate of drug-likeness (QED) is 0.162. The number of para-hydroxylation sites is 2. The molecule has 0 atom stereocenters. The zero-order valence-corrected chi connectivity index (χ0v) is 48.0. The Morgan fingerprint density at radius 1 is 0.193 bits per heavy atom. The Morgan fingerprint density at radius 2 is 0.534 bits per heavy atom. The molecule has 1 nitrogen and oxygen atoms in total. The van der Waals surface area contributed by atoms with Gasteiger partial charge in [-0.05, 0) is 175 Å². The van der Waals surface area contributed by atoms with Crippen LogP contribution in [0.1, 0.15) is 66.8 Å². The summed E-state index contributed by atoms with van der Waals surface area (Å²) in [5.74, 6) is 0. The van der Waals surface area contributed by atoms with Gasteiger partial charge < -0.3 is 4.57 Å². The van der Waals surface area contributed by atoms with Gasteiger partial charge in [0.15, 0.2) is 0 Å². The highest BCUT2D eigenvalue weighted by Crippen LogP contribution is 2.66. The van der Waals surface area contributed by atoms with Crippen molar-refractivity contribution in [3.8, 4) is 83.6 Å². The second-order valence-corrected chi connectivity index (χ2v) is 24.8. The molecule has 406 valence electrons. The highest BCUT2D eigenvalue weighted by atomic mass is 15.0. The second-order valence-electron chi connectivity index (χ2n) is 24.8. The third-order valence-corrected chi connectivity index (χ3v) is 21.2. The predicted octanol–water partition coefficient (Wildman–Crippen LogP) is 21.2.